The normalized spacial score (nSPS) is 12.9. The number of ketones is 1. The molecule has 8 nitrogen and oxygen atoms in total. The van der Waals surface area contributed by atoms with Crippen LogP contribution in [0.4, 0.5) is 5.69 Å². The number of anilines is 1. The third kappa shape index (κ3) is 7.65. The molecule has 2 amide bonds. The summed E-state index contributed by atoms with van der Waals surface area (Å²) >= 11 is 0. The van der Waals surface area contributed by atoms with Crippen LogP contribution < -0.4 is 9.62 Å². The van der Waals surface area contributed by atoms with Gasteiger partial charge >= 0.3 is 0 Å². The third-order valence-corrected chi connectivity index (χ3v) is 7.35. The largest absolute Gasteiger partial charge is 0.352 e. The zero-order valence-electron chi connectivity index (χ0n) is 21.9. The lowest BCUT2D eigenvalue weighted by Crippen LogP contribution is -2.53. The molecule has 0 bridgehead atoms. The quantitative estimate of drug-likeness (QED) is 0.434. The first-order valence-electron chi connectivity index (χ1n) is 12.1. The summed E-state index contributed by atoms with van der Waals surface area (Å²) < 4.78 is 26.4. The molecule has 0 spiro atoms. The van der Waals surface area contributed by atoms with Crippen molar-refractivity contribution in [3.8, 4) is 0 Å². The Kier molecular flexibility index (Phi) is 10.2. The number of nitrogens with zero attached hydrogens (tertiary/aromatic N) is 2. The second kappa shape index (κ2) is 12.7. The minimum atomic E-state index is -3.87. The zero-order chi connectivity index (χ0) is 27.0. The lowest BCUT2D eigenvalue weighted by molar-refractivity contribution is -0.140. The number of rotatable bonds is 12. The van der Waals surface area contributed by atoms with E-state index < -0.39 is 28.5 Å². The lowest BCUT2D eigenvalue weighted by atomic mass is 10.1. The number of sulfonamides is 1. The molecule has 2 atom stereocenters. The Bertz CT molecular complexity index is 1200. The molecule has 9 heteroatoms. The van der Waals surface area contributed by atoms with Crippen LogP contribution in [0.3, 0.4) is 0 Å². The maximum absolute atomic E-state index is 13.7. The summed E-state index contributed by atoms with van der Waals surface area (Å²) in [5.74, 6) is -1.01. The van der Waals surface area contributed by atoms with Gasteiger partial charge in [-0.05, 0) is 56.9 Å². The fourth-order valence-electron chi connectivity index (χ4n) is 3.83. The Morgan fingerprint density at radius 1 is 1.00 bits per heavy atom. The van der Waals surface area contributed by atoms with Gasteiger partial charge < -0.3 is 10.2 Å². The van der Waals surface area contributed by atoms with Crippen LogP contribution >= 0.6 is 0 Å². The van der Waals surface area contributed by atoms with Crippen molar-refractivity contribution in [1.82, 2.24) is 10.2 Å². The molecule has 0 unspecified atom stereocenters. The maximum atomic E-state index is 13.7. The zero-order valence-corrected chi connectivity index (χ0v) is 22.8. The summed E-state index contributed by atoms with van der Waals surface area (Å²) in [6.07, 6.45) is 2.11. The van der Waals surface area contributed by atoms with E-state index >= 15 is 0 Å². The molecule has 0 aliphatic rings. The van der Waals surface area contributed by atoms with Gasteiger partial charge in [0.15, 0.2) is 5.78 Å². The molecule has 2 aromatic carbocycles. The average Bonchev–Trinajstić information content (AvgIpc) is 2.82. The van der Waals surface area contributed by atoms with Gasteiger partial charge in [-0.3, -0.25) is 18.7 Å². The van der Waals surface area contributed by atoms with Crippen molar-refractivity contribution in [1.29, 1.82) is 0 Å². The van der Waals surface area contributed by atoms with Crippen LogP contribution in [0.25, 0.3) is 0 Å². The van der Waals surface area contributed by atoms with Crippen LogP contribution in [0, 0.1) is 6.92 Å². The first kappa shape index (κ1) is 29.0. The van der Waals surface area contributed by atoms with E-state index in [2.05, 4.69) is 5.32 Å². The molecule has 0 fully saturated rings. The molecule has 1 N–H and O–H groups in total. The molecule has 0 radical (unpaired) electrons. The molecule has 196 valence electrons. The lowest BCUT2D eigenvalue weighted by Gasteiger charge is -2.33. The minimum absolute atomic E-state index is 0.0659. The summed E-state index contributed by atoms with van der Waals surface area (Å²) in [5.41, 5.74) is 2.38. The highest BCUT2D eigenvalue weighted by Crippen LogP contribution is 2.22. The highest BCUT2D eigenvalue weighted by atomic mass is 32.2. The van der Waals surface area contributed by atoms with Gasteiger partial charge in [0.2, 0.25) is 21.8 Å². The third-order valence-electron chi connectivity index (χ3n) is 6.21. The second-order valence-electron chi connectivity index (χ2n) is 9.07. The predicted octanol–water partition coefficient (Wildman–Crippen LogP) is 3.69. The van der Waals surface area contributed by atoms with Gasteiger partial charge in [0.05, 0.1) is 11.9 Å². The van der Waals surface area contributed by atoms with Crippen LogP contribution in [-0.2, 0) is 26.2 Å². The molecule has 0 saturated carbocycles. The number of amides is 2. The Balaban J connectivity index is 2.49. The maximum Gasteiger partial charge on any atom is 0.244 e. The monoisotopic (exact) mass is 515 g/mol. The van der Waals surface area contributed by atoms with Crippen LogP contribution in [0.5, 0.6) is 0 Å². The summed E-state index contributed by atoms with van der Waals surface area (Å²) in [6, 6.07) is 12.9. The van der Waals surface area contributed by atoms with Crippen molar-refractivity contribution in [3.05, 3.63) is 65.2 Å². The number of carbonyl (C=O) groups is 3. The topological polar surface area (TPSA) is 104 Å². The van der Waals surface area contributed by atoms with E-state index in [-0.39, 0.29) is 30.0 Å². The van der Waals surface area contributed by atoms with Crippen LogP contribution in [0.2, 0.25) is 0 Å². The number of benzene rings is 2. The van der Waals surface area contributed by atoms with Gasteiger partial charge in [-0.15, -0.1) is 0 Å². The number of carbonyl (C=O) groups excluding carboxylic acids is 3. The second-order valence-corrected chi connectivity index (χ2v) is 11.0. The van der Waals surface area contributed by atoms with Crippen molar-refractivity contribution in [2.75, 3.05) is 17.1 Å². The van der Waals surface area contributed by atoms with E-state index in [1.807, 2.05) is 52.0 Å². The van der Waals surface area contributed by atoms with Gasteiger partial charge in [0.25, 0.3) is 0 Å². The van der Waals surface area contributed by atoms with Gasteiger partial charge in [-0.25, -0.2) is 8.42 Å². The minimum Gasteiger partial charge on any atom is -0.352 e. The smallest absolute Gasteiger partial charge is 0.244 e. The number of aryl methyl sites for hydroxylation is 1. The molecule has 2 rings (SSSR count). The van der Waals surface area contributed by atoms with Crippen molar-refractivity contribution >= 4 is 33.3 Å². The fraction of sp³-hybridized carbons (Fsp3) is 0.444. The predicted molar refractivity (Wildman–Crippen MR) is 142 cm³/mol. The first-order chi connectivity index (χ1) is 16.9. The van der Waals surface area contributed by atoms with Crippen molar-refractivity contribution in [3.63, 3.8) is 0 Å². The average molecular weight is 516 g/mol. The molecule has 0 aliphatic carbocycles. The Morgan fingerprint density at radius 2 is 1.67 bits per heavy atom. The van der Waals surface area contributed by atoms with Crippen LogP contribution in [0.1, 0.15) is 62.0 Å². The first-order valence-corrected chi connectivity index (χ1v) is 14.0. The number of nitrogens with one attached hydrogen (secondary N) is 1. The standard InChI is InChI=1S/C27H37N3O5S/c1-7-20(4)28-27(33)25(8-2)29(17-23-13-10-9-12-19(23)3)26(32)18-30(36(6,34)35)24-15-11-14-22(16-24)21(5)31/h9-16,20,25H,7-8,17-18H2,1-6H3,(H,28,33)/t20-,25+/m0/s1. The Hall–Kier alpha value is -3.20. The van der Waals surface area contributed by atoms with Crippen molar-refractivity contribution < 1.29 is 22.8 Å². The van der Waals surface area contributed by atoms with Crippen LogP contribution in [-0.4, -0.2) is 55.8 Å². The molecule has 0 heterocycles. The number of Topliss-reactive ketones (excluding diaryl/α,β-unsaturated/α-hetero) is 1. The highest BCUT2D eigenvalue weighted by molar-refractivity contribution is 7.92. The summed E-state index contributed by atoms with van der Waals surface area (Å²) in [7, 11) is -3.87. The number of hydrogen-bond acceptors (Lipinski definition) is 5. The number of hydrogen-bond donors (Lipinski definition) is 1. The molecule has 2 aromatic rings. The molecule has 36 heavy (non-hydrogen) atoms. The van der Waals surface area contributed by atoms with Gasteiger partial charge in [-0.1, -0.05) is 50.2 Å². The van der Waals surface area contributed by atoms with Gasteiger partial charge in [0, 0.05) is 18.2 Å². The van der Waals surface area contributed by atoms with Crippen molar-refractivity contribution in [2.45, 2.75) is 66.1 Å². The molecular weight excluding hydrogens is 478 g/mol. The highest BCUT2D eigenvalue weighted by Gasteiger charge is 2.32. The summed E-state index contributed by atoms with van der Waals surface area (Å²) in [4.78, 5) is 40.2. The van der Waals surface area contributed by atoms with E-state index in [1.54, 1.807) is 18.2 Å². The Morgan fingerprint density at radius 3 is 2.22 bits per heavy atom. The van der Waals surface area contributed by atoms with E-state index in [0.29, 0.717) is 12.0 Å². The molecule has 0 saturated heterocycles. The summed E-state index contributed by atoms with van der Waals surface area (Å²) in [6.45, 7) is 8.65. The summed E-state index contributed by atoms with van der Waals surface area (Å²) in [5, 5.41) is 2.95. The van der Waals surface area contributed by atoms with Crippen LogP contribution in [0.15, 0.2) is 48.5 Å². The van der Waals surface area contributed by atoms with E-state index in [1.165, 1.54) is 17.9 Å². The van der Waals surface area contributed by atoms with E-state index in [0.717, 1.165) is 28.1 Å². The molecule has 0 aromatic heterocycles. The van der Waals surface area contributed by atoms with Gasteiger partial charge in [-0.2, -0.15) is 0 Å². The molecule has 0 aliphatic heterocycles. The van der Waals surface area contributed by atoms with Gasteiger partial charge in [0.1, 0.15) is 12.6 Å². The molecular formula is C27H37N3O5S. The SMILES string of the molecule is CC[C@H](C(=O)N[C@@H](C)CC)N(Cc1ccccc1C)C(=O)CN(c1cccc(C(C)=O)c1)S(C)(=O)=O. The van der Waals surface area contributed by atoms with Crippen molar-refractivity contribution in [2.24, 2.45) is 0 Å². The fourth-order valence-corrected chi connectivity index (χ4v) is 4.67. The Labute approximate surface area is 214 Å². The van der Waals surface area contributed by atoms with E-state index in [4.69, 9.17) is 0 Å². The van der Waals surface area contributed by atoms with E-state index in [9.17, 15) is 22.8 Å².